The number of aromatic hydroxyl groups is 1. The van der Waals surface area contributed by atoms with Crippen molar-refractivity contribution in [2.45, 2.75) is 52.0 Å². The van der Waals surface area contributed by atoms with Gasteiger partial charge in [0.1, 0.15) is 5.75 Å². The number of carbonyl (C=O) groups is 1. The van der Waals surface area contributed by atoms with Gasteiger partial charge in [-0.3, -0.25) is 9.89 Å². The summed E-state index contributed by atoms with van der Waals surface area (Å²) in [5, 5.41) is 32.1. The van der Waals surface area contributed by atoms with E-state index in [1.54, 1.807) is 36.4 Å². The highest BCUT2D eigenvalue weighted by molar-refractivity contribution is 5.88. The van der Waals surface area contributed by atoms with Gasteiger partial charge in [0.25, 0.3) is 5.56 Å². The van der Waals surface area contributed by atoms with Crippen LogP contribution in [0.2, 0.25) is 0 Å². The number of phenols is 1. The molecular formula is C28H30N4O4. The molecule has 0 saturated heterocycles. The summed E-state index contributed by atoms with van der Waals surface area (Å²) in [4.78, 5) is 25.9. The summed E-state index contributed by atoms with van der Waals surface area (Å²) in [5.74, 6) is -1.15. The topological polar surface area (TPSA) is 120 Å². The minimum atomic E-state index is -1.73. The Hall–Kier alpha value is -4.20. The maximum Gasteiger partial charge on any atom is 0.337 e. The second-order valence-corrected chi connectivity index (χ2v) is 10.2. The molecule has 2 aromatic carbocycles. The number of azo groups is 1. The molecule has 1 heterocycles. The van der Waals surface area contributed by atoms with Gasteiger partial charge < -0.3 is 10.2 Å². The van der Waals surface area contributed by atoms with E-state index in [1.807, 2.05) is 52.8 Å². The Morgan fingerprint density at radius 3 is 2.47 bits per heavy atom. The molecule has 36 heavy (non-hydrogen) atoms. The molecule has 4 rings (SSSR count). The molecule has 3 N–H and O–H groups in total. The molecule has 0 saturated carbocycles. The number of rotatable bonds is 5. The summed E-state index contributed by atoms with van der Waals surface area (Å²) in [5.41, 5.74) is 1.92. The number of nitrogens with zero attached hydrogens (tertiary/aromatic N) is 3. The molecule has 1 aliphatic rings. The van der Waals surface area contributed by atoms with E-state index in [0.29, 0.717) is 22.5 Å². The average molecular weight is 487 g/mol. The number of hydrogen-bond acceptors (Lipinski definition) is 5. The third-order valence-corrected chi connectivity index (χ3v) is 6.44. The number of phenolic OH excluding ortho intramolecular Hbond substituents is 1. The maximum atomic E-state index is 13.5. The first-order valence-corrected chi connectivity index (χ1v) is 11.7. The van der Waals surface area contributed by atoms with Crippen LogP contribution in [-0.2, 0) is 10.2 Å². The van der Waals surface area contributed by atoms with Crippen molar-refractivity contribution in [3.05, 3.63) is 93.4 Å². The van der Waals surface area contributed by atoms with E-state index in [-0.39, 0.29) is 17.9 Å². The van der Waals surface area contributed by atoms with Crippen LogP contribution >= 0.6 is 0 Å². The van der Waals surface area contributed by atoms with Crippen LogP contribution in [0.5, 0.6) is 5.75 Å². The highest BCUT2D eigenvalue weighted by Gasteiger charge is 2.40. The number of aryl methyl sites for hydroxylation is 2. The minimum Gasteiger partial charge on any atom is -0.507 e. The van der Waals surface area contributed by atoms with Crippen LogP contribution in [0.1, 0.15) is 49.6 Å². The molecule has 8 nitrogen and oxygen atoms in total. The van der Waals surface area contributed by atoms with Crippen LogP contribution < -0.4 is 5.56 Å². The number of aliphatic carboxylic acids is 1. The first-order valence-electron chi connectivity index (χ1n) is 11.7. The zero-order valence-corrected chi connectivity index (χ0v) is 21.0. The molecule has 3 aromatic rings. The number of para-hydroxylation sites is 1. The monoisotopic (exact) mass is 486 g/mol. The van der Waals surface area contributed by atoms with E-state index < -0.39 is 22.5 Å². The highest BCUT2D eigenvalue weighted by atomic mass is 16.4. The number of nitrogens with one attached hydrogen (secondary N) is 1. The number of carboxylic acids is 1. The van der Waals surface area contributed by atoms with Gasteiger partial charge in [0.15, 0.2) is 5.69 Å². The lowest BCUT2D eigenvalue weighted by atomic mass is 9.84. The second kappa shape index (κ2) is 9.11. The van der Waals surface area contributed by atoms with Crippen LogP contribution in [0.25, 0.3) is 11.3 Å². The first-order chi connectivity index (χ1) is 16.9. The van der Waals surface area contributed by atoms with Crippen molar-refractivity contribution in [2.75, 3.05) is 0 Å². The molecule has 0 fully saturated rings. The Morgan fingerprint density at radius 1 is 1.11 bits per heavy atom. The van der Waals surface area contributed by atoms with E-state index in [0.717, 1.165) is 11.1 Å². The maximum absolute atomic E-state index is 13.5. The summed E-state index contributed by atoms with van der Waals surface area (Å²) in [7, 11) is 0. The SMILES string of the molecule is Cc1ccc(-n2[nH]c(C(C)(C)C)c(N=NC3(C(=O)O)C=CC=C(c4ccccc4O)C3)c2=O)cc1C. The number of hydrogen-bond donors (Lipinski definition) is 3. The van der Waals surface area contributed by atoms with Crippen molar-refractivity contribution < 1.29 is 15.0 Å². The molecule has 1 aromatic heterocycles. The number of allylic oxidation sites excluding steroid dienone is 2. The van der Waals surface area contributed by atoms with Gasteiger partial charge in [-0.1, -0.05) is 57.2 Å². The third kappa shape index (κ3) is 4.54. The standard InChI is InChI=1S/C28H30N4O4/c1-17-12-13-20(15-18(17)2)32-25(34)23(24(30-32)27(3,4)5)29-31-28(26(35)36)14-8-9-19(16-28)21-10-6-7-11-22(21)33/h6-15,30,33H,16H2,1-5H3,(H,35,36). The summed E-state index contributed by atoms with van der Waals surface area (Å²) in [6.07, 6.45) is 4.76. The average Bonchev–Trinajstić information content (AvgIpc) is 3.16. The lowest BCUT2D eigenvalue weighted by molar-refractivity contribution is -0.141. The summed E-state index contributed by atoms with van der Waals surface area (Å²) in [6, 6.07) is 12.4. The molecule has 0 amide bonds. The molecule has 0 bridgehead atoms. The fourth-order valence-electron chi connectivity index (χ4n) is 4.15. The quantitative estimate of drug-likeness (QED) is 0.399. The summed E-state index contributed by atoms with van der Waals surface area (Å²) < 4.78 is 1.42. The van der Waals surface area contributed by atoms with Gasteiger partial charge in [0.05, 0.1) is 11.4 Å². The lowest BCUT2D eigenvalue weighted by Gasteiger charge is -2.25. The smallest absolute Gasteiger partial charge is 0.337 e. The molecule has 1 aliphatic carbocycles. The summed E-state index contributed by atoms with van der Waals surface area (Å²) in [6.45, 7) is 9.79. The molecule has 8 heteroatoms. The van der Waals surface area contributed by atoms with Crippen molar-refractivity contribution in [1.82, 2.24) is 9.78 Å². The van der Waals surface area contributed by atoms with E-state index in [1.165, 1.54) is 10.8 Å². The molecule has 0 spiro atoms. The van der Waals surface area contributed by atoms with Gasteiger partial charge in [-0.2, -0.15) is 5.11 Å². The van der Waals surface area contributed by atoms with Gasteiger partial charge in [0.2, 0.25) is 5.54 Å². The Morgan fingerprint density at radius 2 is 1.83 bits per heavy atom. The van der Waals surface area contributed by atoms with E-state index >= 15 is 0 Å². The molecule has 186 valence electrons. The fourth-order valence-corrected chi connectivity index (χ4v) is 4.15. The highest BCUT2D eigenvalue weighted by Crippen LogP contribution is 2.38. The fraction of sp³-hybridized carbons (Fsp3) is 0.286. The third-order valence-electron chi connectivity index (χ3n) is 6.44. The Bertz CT molecular complexity index is 1480. The van der Waals surface area contributed by atoms with Gasteiger partial charge in [-0.25, -0.2) is 9.48 Å². The van der Waals surface area contributed by atoms with Crippen molar-refractivity contribution >= 4 is 17.2 Å². The number of H-pyrrole nitrogens is 1. The van der Waals surface area contributed by atoms with Crippen LogP contribution in [0, 0.1) is 13.8 Å². The number of aromatic amines is 1. The number of carboxylic acid groups (broad SMARTS) is 1. The van der Waals surface area contributed by atoms with Crippen molar-refractivity contribution in [2.24, 2.45) is 10.2 Å². The molecule has 0 radical (unpaired) electrons. The molecule has 1 unspecified atom stereocenters. The van der Waals surface area contributed by atoms with Crippen LogP contribution in [0.4, 0.5) is 5.69 Å². The Kier molecular flexibility index (Phi) is 6.30. The van der Waals surface area contributed by atoms with Gasteiger partial charge in [0, 0.05) is 17.4 Å². The Labute approximate surface area is 209 Å². The molecule has 0 aliphatic heterocycles. The summed E-state index contributed by atoms with van der Waals surface area (Å²) >= 11 is 0. The van der Waals surface area contributed by atoms with Crippen LogP contribution in [0.3, 0.4) is 0 Å². The van der Waals surface area contributed by atoms with Gasteiger partial charge in [-0.05, 0) is 54.8 Å². The first kappa shape index (κ1) is 24.9. The normalized spacial score (nSPS) is 18.0. The van der Waals surface area contributed by atoms with Crippen molar-refractivity contribution in [3.63, 3.8) is 0 Å². The van der Waals surface area contributed by atoms with E-state index in [4.69, 9.17) is 0 Å². The largest absolute Gasteiger partial charge is 0.507 e. The lowest BCUT2D eigenvalue weighted by Crippen LogP contribution is -2.35. The Balaban J connectivity index is 1.80. The van der Waals surface area contributed by atoms with E-state index in [2.05, 4.69) is 15.3 Å². The van der Waals surface area contributed by atoms with Crippen LogP contribution in [0.15, 0.2) is 75.7 Å². The van der Waals surface area contributed by atoms with E-state index in [9.17, 15) is 19.8 Å². The zero-order chi connectivity index (χ0) is 26.3. The minimum absolute atomic E-state index is 0.0273. The van der Waals surface area contributed by atoms with Crippen LogP contribution in [-0.4, -0.2) is 31.5 Å². The predicted molar refractivity (Wildman–Crippen MR) is 139 cm³/mol. The zero-order valence-electron chi connectivity index (χ0n) is 21.0. The van der Waals surface area contributed by atoms with Crippen molar-refractivity contribution in [1.29, 1.82) is 0 Å². The van der Waals surface area contributed by atoms with Gasteiger partial charge >= 0.3 is 5.97 Å². The second-order valence-electron chi connectivity index (χ2n) is 10.2. The number of benzene rings is 2. The van der Waals surface area contributed by atoms with Crippen molar-refractivity contribution in [3.8, 4) is 11.4 Å². The van der Waals surface area contributed by atoms with Gasteiger partial charge in [-0.15, -0.1) is 5.11 Å². The molecule has 1 atom stereocenters. The number of aromatic nitrogens is 2. The predicted octanol–water partition coefficient (Wildman–Crippen LogP) is 5.74. The molecular weight excluding hydrogens is 456 g/mol.